The van der Waals surface area contributed by atoms with Crippen LogP contribution in [0.3, 0.4) is 0 Å². The first-order valence-electron chi connectivity index (χ1n) is 17.4. The highest BCUT2D eigenvalue weighted by atomic mass is 31.2. The maximum Gasteiger partial charge on any atom is 0.259 e. The zero-order chi connectivity index (χ0) is 31.0. The van der Waals surface area contributed by atoms with Gasteiger partial charge in [-0.1, -0.05) is 95.5 Å². The van der Waals surface area contributed by atoms with Gasteiger partial charge in [0.1, 0.15) is 0 Å². The summed E-state index contributed by atoms with van der Waals surface area (Å²) in [7, 11) is -1.25. The first-order chi connectivity index (χ1) is 20.3. The smallest absolute Gasteiger partial charge is 0.259 e. The largest absolute Gasteiger partial charge is 0.340 e. The molecule has 2 atom stereocenters. The van der Waals surface area contributed by atoms with Gasteiger partial charge in [-0.2, -0.15) is 5.26 Å². The molecule has 244 valence electrons. The highest BCUT2D eigenvalue weighted by molar-refractivity contribution is 7.44. The molecule has 0 aromatic carbocycles. The molecule has 0 bridgehead atoms. The Hall–Kier alpha value is -0.990. The lowest BCUT2D eigenvalue weighted by Crippen LogP contribution is -2.35. The van der Waals surface area contributed by atoms with E-state index in [9.17, 15) is 4.79 Å². The lowest BCUT2D eigenvalue weighted by atomic mass is 10.0. The summed E-state index contributed by atoms with van der Waals surface area (Å²) in [5.41, 5.74) is 1.33. The zero-order valence-electron chi connectivity index (χ0n) is 28.2. The minimum atomic E-state index is -1.25. The molecule has 1 rings (SSSR count). The average molecular weight is 608 g/mol. The van der Waals surface area contributed by atoms with Crippen molar-refractivity contribution in [3.8, 4) is 6.07 Å². The number of unbranched alkanes of at least 4 members (excludes halogenated alkanes) is 15. The summed E-state index contributed by atoms with van der Waals surface area (Å²) in [6, 6.07) is 2.71. The fraction of sp³-hybridized carbons (Fsp3) is 0.886. The Kier molecular flexibility index (Phi) is 23.6. The number of carbonyl (C=O) groups is 1. The van der Waals surface area contributed by atoms with Crippen LogP contribution in [0.1, 0.15) is 163 Å². The van der Waals surface area contributed by atoms with E-state index < -0.39 is 8.53 Å². The Morgan fingerprint density at radius 2 is 1.31 bits per heavy atom. The second kappa shape index (κ2) is 25.3. The normalized spacial score (nSPS) is 16.1. The Morgan fingerprint density at radius 1 is 0.857 bits per heavy atom. The molecule has 1 fully saturated rings. The summed E-state index contributed by atoms with van der Waals surface area (Å²) < 4.78 is 14.7. The number of likely N-dealkylation sites (tertiary alicyclic amines) is 1. The topological polar surface area (TPSA) is 65.8 Å². The molecule has 1 heterocycles. The van der Waals surface area contributed by atoms with E-state index in [4.69, 9.17) is 14.3 Å². The average Bonchev–Trinajstić information content (AvgIpc) is 3.40. The van der Waals surface area contributed by atoms with Crippen LogP contribution in [0.5, 0.6) is 0 Å². The minimum absolute atomic E-state index is 0.00371. The van der Waals surface area contributed by atoms with Crippen LogP contribution in [-0.4, -0.2) is 53.4 Å². The van der Waals surface area contributed by atoms with Crippen LogP contribution < -0.4 is 0 Å². The first-order valence-corrected chi connectivity index (χ1v) is 18.6. The molecule has 1 aliphatic heterocycles. The number of carbonyl (C=O) groups excluding carboxylic acids is 1. The molecule has 0 spiro atoms. The number of hydrogen-bond donors (Lipinski definition) is 0. The molecule has 1 aliphatic rings. The molecule has 0 saturated carbocycles. The summed E-state index contributed by atoms with van der Waals surface area (Å²) in [4.78, 5) is 14.8. The molecule has 1 unspecified atom stereocenters. The maximum absolute atomic E-state index is 12.8. The molecule has 0 radical (unpaired) electrons. The van der Waals surface area contributed by atoms with Crippen LogP contribution in [-0.2, 0) is 13.8 Å². The van der Waals surface area contributed by atoms with Crippen molar-refractivity contribution in [3.05, 3.63) is 12.2 Å². The zero-order valence-corrected chi connectivity index (χ0v) is 29.1. The van der Waals surface area contributed by atoms with Crippen molar-refractivity contribution in [3.63, 3.8) is 0 Å². The van der Waals surface area contributed by atoms with Crippen LogP contribution in [0.4, 0.5) is 0 Å². The van der Waals surface area contributed by atoms with E-state index in [-0.39, 0.29) is 24.1 Å². The van der Waals surface area contributed by atoms with Crippen molar-refractivity contribution in [2.75, 3.05) is 19.7 Å². The molecular formula is C35H66N3O3P. The fourth-order valence-corrected chi connectivity index (χ4v) is 7.53. The van der Waals surface area contributed by atoms with Gasteiger partial charge < -0.3 is 13.9 Å². The van der Waals surface area contributed by atoms with Gasteiger partial charge in [-0.15, -0.1) is 6.58 Å². The molecule has 1 saturated heterocycles. The number of rotatable bonds is 27. The summed E-state index contributed by atoms with van der Waals surface area (Å²) in [5, 5.41) is 8.92. The second-order valence-corrected chi connectivity index (χ2v) is 14.4. The van der Waals surface area contributed by atoms with E-state index in [2.05, 4.69) is 51.9 Å². The van der Waals surface area contributed by atoms with Crippen LogP contribution >= 0.6 is 8.53 Å². The van der Waals surface area contributed by atoms with E-state index in [1.165, 1.54) is 102 Å². The molecule has 0 aromatic heterocycles. The van der Waals surface area contributed by atoms with Crippen molar-refractivity contribution >= 4 is 14.4 Å². The molecular weight excluding hydrogens is 541 g/mol. The Morgan fingerprint density at radius 3 is 1.74 bits per heavy atom. The van der Waals surface area contributed by atoms with Crippen molar-refractivity contribution in [1.29, 1.82) is 5.26 Å². The quantitative estimate of drug-likeness (QED) is 0.0528. The van der Waals surface area contributed by atoms with E-state index in [1.54, 1.807) is 0 Å². The van der Waals surface area contributed by atoms with Crippen LogP contribution in [0.15, 0.2) is 12.2 Å². The van der Waals surface area contributed by atoms with Gasteiger partial charge in [0.25, 0.3) is 8.53 Å². The lowest BCUT2D eigenvalue weighted by molar-refractivity contribution is -0.130. The maximum atomic E-state index is 12.8. The molecule has 7 heteroatoms. The monoisotopic (exact) mass is 607 g/mol. The highest BCUT2D eigenvalue weighted by Gasteiger charge is 2.34. The molecule has 1 amide bonds. The van der Waals surface area contributed by atoms with E-state index >= 15 is 0 Å². The van der Waals surface area contributed by atoms with Crippen LogP contribution in [0, 0.1) is 11.3 Å². The Labute approximate surface area is 261 Å². The standard InChI is InChI=1S/C35H66N3O3P/c1-31(2)24-21-19-17-15-13-11-9-7-8-10-12-14-16-18-20-22-25-35(39)37-28-26-34(30-37)41-42(40-29-23-27-36)38(32(3)4)33(5)6/h32-34H,1,7-26,28-30H2,2-6H3/t34-,42?/m0/s1. The van der Waals surface area contributed by atoms with Crippen molar-refractivity contribution < 1.29 is 13.8 Å². The molecule has 42 heavy (non-hydrogen) atoms. The highest BCUT2D eigenvalue weighted by Crippen LogP contribution is 2.48. The van der Waals surface area contributed by atoms with E-state index in [0.29, 0.717) is 26.0 Å². The van der Waals surface area contributed by atoms with E-state index in [0.717, 1.165) is 25.8 Å². The molecule has 6 nitrogen and oxygen atoms in total. The van der Waals surface area contributed by atoms with Gasteiger partial charge in [0.05, 0.1) is 25.2 Å². The van der Waals surface area contributed by atoms with Crippen molar-refractivity contribution in [2.45, 2.75) is 181 Å². The minimum Gasteiger partial charge on any atom is -0.340 e. The van der Waals surface area contributed by atoms with Gasteiger partial charge in [-0.05, 0) is 60.3 Å². The van der Waals surface area contributed by atoms with Gasteiger partial charge in [-0.25, -0.2) is 4.67 Å². The third kappa shape index (κ3) is 19.3. The number of amides is 1. The lowest BCUT2D eigenvalue weighted by Gasteiger charge is -2.36. The Bertz CT molecular complexity index is 731. The Balaban J connectivity index is 2.05. The van der Waals surface area contributed by atoms with Crippen LogP contribution in [0.2, 0.25) is 0 Å². The second-order valence-electron chi connectivity index (χ2n) is 13.0. The third-order valence-corrected chi connectivity index (χ3v) is 10.3. The van der Waals surface area contributed by atoms with Gasteiger partial charge in [0.2, 0.25) is 5.91 Å². The number of allylic oxidation sites excluding steroid dienone is 1. The molecule has 0 aromatic rings. The summed E-state index contributed by atoms with van der Waals surface area (Å²) >= 11 is 0. The number of nitrogens with zero attached hydrogens (tertiary/aromatic N) is 3. The summed E-state index contributed by atoms with van der Waals surface area (Å²) in [6.07, 6.45) is 24.4. The van der Waals surface area contributed by atoms with Crippen molar-refractivity contribution in [2.24, 2.45) is 0 Å². The van der Waals surface area contributed by atoms with Gasteiger partial charge in [0.15, 0.2) is 0 Å². The first kappa shape index (κ1) is 39.0. The SMILES string of the molecule is C=C(C)CCCCCCCCCCCCCCCCCCC(=O)N1CC[C@H](OP(OCCC#N)N(C(C)C)C(C)C)C1. The van der Waals surface area contributed by atoms with Gasteiger partial charge in [0, 0.05) is 31.6 Å². The molecule has 0 aliphatic carbocycles. The summed E-state index contributed by atoms with van der Waals surface area (Å²) in [5.74, 6) is 0.267. The van der Waals surface area contributed by atoms with E-state index in [1.807, 2.05) is 4.90 Å². The predicted octanol–water partition coefficient (Wildman–Crippen LogP) is 10.5. The third-order valence-electron chi connectivity index (χ3n) is 8.14. The fourth-order valence-electron chi connectivity index (χ4n) is 5.80. The number of hydrogen-bond acceptors (Lipinski definition) is 5. The van der Waals surface area contributed by atoms with Gasteiger partial charge >= 0.3 is 0 Å². The molecule has 0 N–H and O–H groups in total. The summed E-state index contributed by atoms with van der Waals surface area (Å²) in [6.45, 7) is 16.5. The number of nitriles is 1. The predicted molar refractivity (Wildman–Crippen MR) is 179 cm³/mol. The van der Waals surface area contributed by atoms with Gasteiger partial charge in [-0.3, -0.25) is 4.79 Å². The van der Waals surface area contributed by atoms with Crippen molar-refractivity contribution in [1.82, 2.24) is 9.57 Å². The van der Waals surface area contributed by atoms with Crippen LogP contribution in [0.25, 0.3) is 0 Å².